The van der Waals surface area contributed by atoms with Gasteiger partial charge >= 0.3 is 6.18 Å². The summed E-state index contributed by atoms with van der Waals surface area (Å²) in [5.74, 6) is 0. The maximum atomic E-state index is 12.3. The second-order valence-electron chi connectivity index (χ2n) is 3.74. The van der Waals surface area contributed by atoms with Gasteiger partial charge in [0.2, 0.25) is 0 Å². The summed E-state index contributed by atoms with van der Waals surface area (Å²) in [6.45, 7) is 1.91. The fourth-order valence-electron chi connectivity index (χ4n) is 1.62. The van der Waals surface area contributed by atoms with Crippen LogP contribution in [0, 0.1) is 6.92 Å². The molecule has 0 fully saturated rings. The molecule has 0 saturated heterocycles. The van der Waals surface area contributed by atoms with Crippen molar-refractivity contribution in [2.45, 2.75) is 13.1 Å². The molecule has 2 rings (SSSR count). The summed E-state index contributed by atoms with van der Waals surface area (Å²) in [6.07, 6.45) is -3.13. The van der Waals surface area contributed by atoms with Crippen molar-refractivity contribution >= 4 is 0 Å². The molecule has 0 N–H and O–H groups in total. The molecule has 0 bridgehead atoms. The number of alkyl halides is 3. The van der Waals surface area contributed by atoms with E-state index in [0.717, 1.165) is 17.2 Å². The first-order chi connectivity index (χ1) is 7.98. The molecule has 1 aromatic heterocycles. The number of pyridine rings is 1. The monoisotopic (exact) mass is 237 g/mol. The molecule has 2 aromatic rings. The third-order valence-corrected chi connectivity index (χ3v) is 2.51. The van der Waals surface area contributed by atoms with Crippen molar-refractivity contribution < 1.29 is 13.2 Å². The van der Waals surface area contributed by atoms with Crippen LogP contribution in [0.15, 0.2) is 42.6 Å². The largest absolute Gasteiger partial charge is 0.433 e. The number of hydrogen-bond donors (Lipinski definition) is 0. The minimum atomic E-state index is -4.38. The average molecular weight is 237 g/mol. The molecule has 0 atom stereocenters. The van der Waals surface area contributed by atoms with Gasteiger partial charge in [-0.15, -0.1) is 0 Å². The Morgan fingerprint density at radius 1 is 1.00 bits per heavy atom. The van der Waals surface area contributed by atoms with Crippen LogP contribution < -0.4 is 0 Å². The van der Waals surface area contributed by atoms with E-state index in [1.54, 1.807) is 0 Å². The summed E-state index contributed by atoms with van der Waals surface area (Å²) >= 11 is 0. The summed E-state index contributed by atoms with van der Waals surface area (Å²) in [5, 5.41) is 0. The third kappa shape index (κ3) is 2.46. The summed E-state index contributed by atoms with van der Waals surface area (Å²) < 4.78 is 37.0. The second-order valence-corrected chi connectivity index (χ2v) is 3.74. The predicted octanol–water partition coefficient (Wildman–Crippen LogP) is 4.08. The zero-order chi connectivity index (χ0) is 12.5. The first kappa shape index (κ1) is 11.6. The van der Waals surface area contributed by atoms with Gasteiger partial charge in [-0.05, 0) is 24.1 Å². The lowest BCUT2D eigenvalue weighted by atomic mass is 10.0. The van der Waals surface area contributed by atoms with Gasteiger partial charge in [-0.2, -0.15) is 13.2 Å². The smallest absolute Gasteiger partial charge is 0.251 e. The molecule has 0 unspecified atom stereocenters. The predicted molar refractivity (Wildman–Crippen MR) is 59.4 cm³/mol. The van der Waals surface area contributed by atoms with Gasteiger partial charge in [0, 0.05) is 11.8 Å². The van der Waals surface area contributed by atoms with E-state index in [9.17, 15) is 13.2 Å². The molecule has 0 aliphatic carbocycles. The molecule has 1 aromatic carbocycles. The Morgan fingerprint density at radius 3 is 2.24 bits per heavy atom. The molecule has 0 aliphatic heterocycles. The van der Waals surface area contributed by atoms with Crippen LogP contribution in [0.4, 0.5) is 13.2 Å². The van der Waals surface area contributed by atoms with Gasteiger partial charge in [0.15, 0.2) is 0 Å². The number of hydrogen-bond acceptors (Lipinski definition) is 1. The number of aromatic nitrogens is 1. The van der Waals surface area contributed by atoms with E-state index in [0.29, 0.717) is 5.56 Å². The Bertz CT molecular complexity index is 515. The van der Waals surface area contributed by atoms with Crippen LogP contribution in [0.25, 0.3) is 11.1 Å². The molecule has 4 heteroatoms. The molecule has 1 heterocycles. The lowest BCUT2D eigenvalue weighted by Crippen LogP contribution is -2.07. The van der Waals surface area contributed by atoms with Crippen LogP contribution in [0.5, 0.6) is 0 Å². The molecule has 0 aliphatic rings. The van der Waals surface area contributed by atoms with Crippen molar-refractivity contribution in [3.8, 4) is 11.1 Å². The quantitative estimate of drug-likeness (QED) is 0.728. The van der Waals surface area contributed by atoms with Crippen molar-refractivity contribution in [3.05, 3.63) is 53.9 Å². The molecule has 88 valence electrons. The van der Waals surface area contributed by atoms with E-state index in [4.69, 9.17) is 0 Å². The molecule has 0 radical (unpaired) electrons. The molecular weight excluding hydrogens is 227 g/mol. The van der Waals surface area contributed by atoms with Crippen LogP contribution in [-0.4, -0.2) is 4.98 Å². The van der Waals surface area contributed by atoms with Crippen LogP contribution in [0.3, 0.4) is 0 Å². The van der Waals surface area contributed by atoms with E-state index in [2.05, 4.69) is 4.98 Å². The standard InChI is InChI=1S/C13H10F3N/c1-9-4-2-3-5-11(9)10-6-7-12(17-8-10)13(14,15)16/h2-8H,1H3. The van der Waals surface area contributed by atoms with Gasteiger partial charge in [0.1, 0.15) is 5.69 Å². The zero-order valence-corrected chi connectivity index (χ0v) is 9.12. The van der Waals surface area contributed by atoms with E-state index in [1.807, 2.05) is 31.2 Å². The van der Waals surface area contributed by atoms with Gasteiger partial charge in [0.25, 0.3) is 0 Å². The van der Waals surface area contributed by atoms with Crippen LogP contribution in [0.2, 0.25) is 0 Å². The fraction of sp³-hybridized carbons (Fsp3) is 0.154. The zero-order valence-electron chi connectivity index (χ0n) is 9.12. The van der Waals surface area contributed by atoms with E-state index >= 15 is 0 Å². The minimum absolute atomic E-state index is 0.691. The van der Waals surface area contributed by atoms with Gasteiger partial charge in [-0.1, -0.05) is 30.3 Å². The van der Waals surface area contributed by atoms with Crippen molar-refractivity contribution in [2.24, 2.45) is 0 Å². The molecule has 0 amide bonds. The van der Waals surface area contributed by atoms with Crippen molar-refractivity contribution in [1.29, 1.82) is 0 Å². The Balaban J connectivity index is 2.40. The molecule has 17 heavy (non-hydrogen) atoms. The Labute approximate surface area is 96.9 Å². The topological polar surface area (TPSA) is 12.9 Å². The third-order valence-electron chi connectivity index (χ3n) is 2.51. The highest BCUT2D eigenvalue weighted by molar-refractivity contribution is 5.66. The second kappa shape index (κ2) is 4.20. The molecule has 1 nitrogen and oxygen atoms in total. The Kier molecular flexibility index (Phi) is 2.88. The lowest BCUT2D eigenvalue weighted by Gasteiger charge is -2.08. The van der Waals surface area contributed by atoms with Crippen molar-refractivity contribution in [1.82, 2.24) is 4.98 Å². The van der Waals surface area contributed by atoms with Crippen LogP contribution >= 0.6 is 0 Å². The number of rotatable bonds is 1. The number of benzene rings is 1. The van der Waals surface area contributed by atoms with Crippen molar-refractivity contribution in [3.63, 3.8) is 0 Å². The maximum absolute atomic E-state index is 12.3. The van der Waals surface area contributed by atoms with Gasteiger partial charge in [0.05, 0.1) is 0 Å². The van der Waals surface area contributed by atoms with E-state index < -0.39 is 11.9 Å². The van der Waals surface area contributed by atoms with Gasteiger partial charge < -0.3 is 0 Å². The van der Waals surface area contributed by atoms with E-state index in [1.165, 1.54) is 12.3 Å². The minimum Gasteiger partial charge on any atom is -0.251 e. The number of nitrogens with zero attached hydrogens (tertiary/aromatic N) is 1. The average Bonchev–Trinajstić information content (AvgIpc) is 2.29. The molecule has 0 spiro atoms. The van der Waals surface area contributed by atoms with Gasteiger partial charge in [-0.25, -0.2) is 0 Å². The number of halogens is 3. The summed E-state index contributed by atoms with van der Waals surface area (Å²) in [7, 11) is 0. The molecule has 0 saturated carbocycles. The highest BCUT2D eigenvalue weighted by Gasteiger charge is 2.32. The van der Waals surface area contributed by atoms with Gasteiger partial charge in [-0.3, -0.25) is 4.98 Å². The van der Waals surface area contributed by atoms with E-state index in [-0.39, 0.29) is 0 Å². The Morgan fingerprint density at radius 2 is 1.71 bits per heavy atom. The SMILES string of the molecule is Cc1ccccc1-c1ccc(C(F)(F)F)nc1. The number of aryl methyl sites for hydroxylation is 1. The van der Waals surface area contributed by atoms with Crippen molar-refractivity contribution in [2.75, 3.05) is 0 Å². The summed E-state index contributed by atoms with van der Waals surface area (Å²) in [6, 6.07) is 9.95. The fourth-order valence-corrected chi connectivity index (χ4v) is 1.62. The highest BCUT2D eigenvalue weighted by atomic mass is 19.4. The first-order valence-electron chi connectivity index (χ1n) is 5.08. The maximum Gasteiger partial charge on any atom is 0.433 e. The molecular formula is C13H10F3N. The first-order valence-corrected chi connectivity index (χ1v) is 5.08. The lowest BCUT2D eigenvalue weighted by molar-refractivity contribution is -0.141. The van der Waals surface area contributed by atoms with Crippen LogP contribution in [0.1, 0.15) is 11.3 Å². The summed E-state index contributed by atoms with van der Waals surface area (Å²) in [5.41, 5.74) is 1.73. The normalized spacial score (nSPS) is 11.5. The Hall–Kier alpha value is -1.84. The highest BCUT2D eigenvalue weighted by Crippen LogP contribution is 2.29. The summed E-state index contributed by atoms with van der Waals surface area (Å²) in [4.78, 5) is 3.44. The van der Waals surface area contributed by atoms with Crippen LogP contribution in [-0.2, 0) is 6.18 Å².